The Labute approximate surface area is 118 Å². The number of rotatable bonds is 2. The summed E-state index contributed by atoms with van der Waals surface area (Å²) in [5.41, 5.74) is 0.425. The highest BCUT2D eigenvalue weighted by molar-refractivity contribution is 5.81. The monoisotopic (exact) mass is 271 g/mol. The van der Waals surface area contributed by atoms with Gasteiger partial charge in [0.05, 0.1) is 12.0 Å². The molecule has 0 bridgehead atoms. The van der Waals surface area contributed by atoms with Crippen molar-refractivity contribution in [2.45, 2.75) is 18.4 Å². The predicted octanol–water partition coefficient (Wildman–Crippen LogP) is 2.22. The smallest absolute Gasteiger partial charge is 0.348 e. The first-order valence-electron chi connectivity index (χ1n) is 6.71. The van der Waals surface area contributed by atoms with Crippen molar-refractivity contribution < 1.29 is 14.3 Å². The van der Waals surface area contributed by atoms with Gasteiger partial charge in [0.1, 0.15) is 5.75 Å². The second kappa shape index (κ2) is 4.71. The molecule has 0 aliphatic carbocycles. The van der Waals surface area contributed by atoms with Crippen LogP contribution >= 0.6 is 0 Å². The molecule has 1 aromatic rings. The summed E-state index contributed by atoms with van der Waals surface area (Å²) in [5.74, 6) is 0.409. The summed E-state index contributed by atoms with van der Waals surface area (Å²) in [4.78, 5) is 14.2. The van der Waals surface area contributed by atoms with Crippen molar-refractivity contribution in [3.05, 3.63) is 54.4 Å². The van der Waals surface area contributed by atoms with Crippen LogP contribution in [0, 0.1) is 0 Å². The number of benzene rings is 1. The van der Waals surface area contributed by atoms with E-state index in [-0.39, 0.29) is 5.97 Å². The SMILES string of the molecule is CCOC(=O)C1Oc2ccccc2C12C=CN(C)C=C2. The van der Waals surface area contributed by atoms with Crippen LogP contribution in [0.15, 0.2) is 48.8 Å². The Bertz CT molecular complexity index is 577. The van der Waals surface area contributed by atoms with E-state index in [1.54, 1.807) is 6.92 Å². The van der Waals surface area contributed by atoms with E-state index in [0.717, 1.165) is 11.3 Å². The van der Waals surface area contributed by atoms with Crippen molar-refractivity contribution in [3.8, 4) is 5.75 Å². The molecule has 20 heavy (non-hydrogen) atoms. The minimum absolute atomic E-state index is 0.331. The molecule has 0 N–H and O–H groups in total. The van der Waals surface area contributed by atoms with Crippen molar-refractivity contribution in [2.75, 3.05) is 13.7 Å². The first-order chi connectivity index (χ1) is 9.67. The Kier molecular flexibility index (Phi) is 3.01. The van der Waals surface area contributed by atoms with E-state index in [9.17, 15) is 4.79 Å². The van der Waals surface area contributed by atoms with E-state index in [0.29, 0.717) is 6.61 Å². The van der Waals surface area contributed by atoms with Crippen LogP contribution in [0.5, 0.6) is 5.75 Å². The molecule has 0 aromatic heterocycles. The summed E-state index contributed by atoms with van der Waals surface area (Å²) in [7, 11) is 1.95. The third kappa shape index (κ3) is 1.80. The molecule has 1 unspecified atom stereocenters. The van der Waals surface area contributed by atoms with Gasteiger partial charge in [0.15, 0.2) is 0 Å². The Hall–Kier alpha value is -2.23. The lowest BCUT2D eigenvalue weighted by molar-refractivity contribution is -0.152. The highest BCUT2D eigenvalue weighted by Gasteiger charge is 2.51. The zero-order chi connectivity index (χ0) is 14.2. The second-order valence-electron chi connectivity index (χ2n) is 4.98. The van der Waals surface area contributed by atoms with Gasteiger partial charge in [-0.15, -0.1) is 0 Å². The topological polar surface area (TPSA) is 38.8 Å². The van der Waals surface area contributed by atoms with Gasteiger partial charge in [0.2, 0.25) is 6.10 Å². The van der Waals surface area contributed by atoms with Crippen molar-refractivity contribution in [3.63, 3.8) is 0 Å². The quantitative estimate of drug-likeness (QED) is 0.773. The molecule has 0 radical (unpaired) electrons. The van der Waals surface area contributed by atoms with E-state index in [1.807, 2.05) is 60.8 Å². The highest BCUT2D eigenvalue weighted by Crippen LogP contribution is 2.46. The molecule has 2 heterocycles. The van der Waals surface area contributed by atoms with E-state index in [1.165, 1.54) is 0 Å². The molecule has 4 nitrogen and oxygen atoms in total. The summed E-state index contributed by atoms with van der Waals surface area (Å²) in [6.45, 7) is 2.14. The summed E-state index contributed by atoms with van der Waals surface area (Å²) in [6.07, 6.45) is 7.22. The molecule has 4 heteroatoms. The lowest BCUT2D eigenvalue weighted by Crippen LogP contribution is -2.43. The molecule has 0 amide bonds. The third-order valence-corrected chi connectivity index (χ3v) is 3.70. The van der Waals surface area contributed by atoms with Crippen LogP contribution in [0.4, 0.5) is 0 Å². The normalized spacial score (nSPS) is 21.7. The number of esters is 1. The molecule has 1 aromatic carbocycles. The summed E-state index contributed by atoms with van der Waals surface area (Å²) in [6, 6.07) is 7.74. The summed E-state index contributed by atoms with van der Waals surface area (Å²) in [5, 5.41) is 0. The lowest BCUT2D eigenvalue weighted by atomic mass is 9.76. The predicted molar refractivity (Wildman–Crippen MR) is 75.2 cm³/mol. The van der Waals surface area contributed by atoms with Crippen molar-refractivity contribution in [1.29, 1.82) is 0 Å². The third-order valence-electron chi connectivity index (χ3n) is 3.70. The maximum absolute atomic E-state index is 12.2. The number of ether oxygens (including phenoxy) is 2. The number of hydrogen-bond acceptors (Lipinski definition) is 4. The van der Waals surface area contributed by atoms with Gasteiger partial charge in [-0.25, -0.2) is 4.79 Å². The molecular formula is C16H17NO3. The van der Waals surface area contributed by atoms with E-state index in [2.05, 4.69) is 0 Å². The van der Waals surface area contributed by atoms with Gasteiger partial charge in [-0.3, -0.25) is 0 Å². The van der Waals surface area contributed by atoms with Crippen LogP contribution in [-0.2, 0) is 14.9 Å². The maximum atomic E-state index is 12.2. The van der Waals surface area contributed by atoms with Crippen molar-refractivity contribution in [2.24, 2.45) is 0 Å². The minimum Gasteiger partial charge on any atom is -0.477 e. The van der Waals surface area contributed by atoms with Gasteiger partial charge >= 0.3 is 5.97 Å². The number of carbonyl (C=O) groups excluding carboxylic acids is 1. The van der Waals surface area contributed by atoms with E-state index >= 15 is 0 Å². The lowest BCUT2D eigenvalue weighted by Gasteiger charge is -2.30. The second-order valence-corrected chi connectivity index (χ2v) is 4.98. The maximum Gasteiger partial charge on any atom is 0.348 e. The first kappa shape index (κ1) is 12.8. The molecule has 104 valence electrons. The molecule has 0 fully saturated rings. The van der Waals surface area contributed by atoms with Crippen molar-refractivity contribution >= 4 is 5.97 Å². The van der Waals surface area contributed by atoms with Crippen LogP contribution in [0.2, 0.25) is 0 Å². The van der Waals surface area contributed by atoms with E-state index < -0.39 is 11.5 Å². The first-order valence-corrected chi connectivity index (χ1v) is 6.71. The number of nitrogens with zero attached hydrogens (tertiary/aromatic N) is 1. The fourth-order valence-corrected chi connectivity index (χ4v) is 2.70. The van der Waals surface area contributed by atoms with Crippen LogP contribution in [-0.4, -0.2) is 30.6 Å². The molecule has 1 spiro atoms. The number of fused-ring (bicyclic) bond motifs is 2. The fourth-order valence-electron chi connectivity index (χ4n) is 2.70. The van der Waals surface area contributed by atoms with Crippen LogP contribution < -0.4 is 4.74 Å². The summed E-state index contributed by atoms with van der Waals surface area (Å²) >= 11 is 0. The molecular weight excluding hydrogens is 254 g/mol. The van der Waals surface area contributed by atoms with Crippen molar-refractivity contribution in [1.82, 2.24) is 4.90 Å². The zero-order valence-corrected chi connectivity index (χ0v) is 11.6. The molecule has 0 saturated heterocycles. The van der Waals surface area contributed by atoms with Gasteiger partial charge < -0.3 is 14.4 Å². The number of carbonyl (C=O) groups is 1. The number of hydrogen-bond donors (Lipinski definition) is 0. The Morgan fingerprint density at radius 2 is 2.05 bits per heavy atom. The average molecular weight is 271 g/mol. The molecule has 2 aliphatic rings. The molecule has 3 rings (SSSR count). The van der Waals surface area contributed by atoms with Gasteiger partial charge in [0.25, 0.3) is 0 Å². The number of para-hydroxylation sites is 1. The molecule has 0 saturated carbocycles. The zero-order valence-electron chi connectivity index (χ0n) is 11.6. The highest BCUT2D eigenvalue weighted by atomic mass is 16.6. The van der Waals surface area contributed by atoms with Gasteiger partial charge in [-0.1, -0.05) is 18.2 Å². The van der Waals surface area contributed by atoms with Gasteiger partial charge in [0, 0.05) is 25.0 Å². The van der Waals surface area contributed by atoms with Crippen LogP contribution in [0.25, 0.3) is 0 Å². The average Bonchev–Trinajstić information content (AvgIpc) is 2.78. The van der Waals surface area contributed by atoms with Gasteiger partial charge in [-0.05, 0) is 25.1 Å². The largest absolute Gasteiger partial charge is 0.477 e. The minimum atomic E-state index is -0.666. The Balaban J connectivity index is 2.08. The fraction of sp³-hybridized carbons (Fsp3) is 0.312. The Morgan fingerprint density at radius 1 is 1.35 bits per heavy atom. The Morgan fingerprint density at radius 3 is 2.75 bits per heavy atom. The molecule has 1 atom stereocenters. The van der Waals surface area contributed by atoms with Crippen LogP contribution in [0.3, 0.4) is 0 Å². The van der Waals surface area contributed by atoms with Crippen LogP contribution in [0.1, 0.15) is 12.5 Å². The molecule has 2 aliphatic heterocycles. The van der Waals surface area contributed by atoms with E-state index in [4.69, 9.17) is 9.47 Å². The summed E-state index contributed by atoms with van der Waals surface area (Å²) < 4.78 is 11.0. The standard InChI is InChI=1S/C16H17NO3/c1-3-19-15(18)14-16(8-10-17(2)11-9-16)12-6-4-5-7-13(12)20-14/h4-11,14H,3H2,1-2H3. The van der Waals surface area contributed by atoms with Gasteiger partial charge in [-0.2, -0.15) is 0 Å².